The Morgan fingerprint density at radius 2 is 1.88 bits per heavy atom. The number of nitrogens with one attached hydrogen (secondary N) is 1. The van der Waals surface area contributed by atoms with Gasteiger partial charge < -0.3 is 10.3 Å². The molecule has 144 valence electrons. The van der Waals surface area contributed by atoms with E-state index in [1.54, 1.807) is 6.92 Å². The van der Waals surface area contributed by atoms with E-state index in [1.165, 1.54) is 19.1 Å². The van der Waals surface area contributed by atoms with Gasteiger partial charge in [-0.15, -0.1) is 0 Å². The van der Waals surface area contributed by atoms with Crippen molar-refractivity contribution >= 4 is 34.9 Å². The summed E-state index contributed by atoms with van der Waals surface area (Å²) in [6.45, 7) is 3.43. The van der Waals surface area contributed by atoms with Crippen LogP contribution in [0.5, 0.6) is 0 Å². The molecule has 1 unspecified atom stereocenters. The summed E-state index contributed by atoms with van der Waals surface area (Å²) in [6.07, 6.45) is -4.39. The lowest BCUT2D eigenvalue weighted by Crippen LogP contribution is -2.34. The highest BCUT2D eigenvalue weighted by molar-refractivity contribution is 6.37. The number of amides is 1. The van der Waals surface area contributed by atoms with Crippen molar-refractivity contribution in [3.05, 3.63) is 45.1 Å². The van der Waals surface area contributed by atoms with E-state index in [0.29, 0.717) is 17.6 Å². The van der Waals surface area contributed by atoms with Crippen LogP contribution in [0.3, 0.4) is 0 Å². The summed E-state index contributed by atoms with van der Waals surface area (Å²) in [4.78, 5) is 24.3. The molecule has 0 fully saturated rings. The number of allylic oxidation sites excluding steroid dienone is 2. The molecule has 5 nitrogen and oxygen atoms in total. The molecule has 0 saturated carbocycles. The van der Waals surface area contributed by atoms with Gasteiger partial charge in [0.2, 0.25) is 0 Å². The van der Waals surface area contributed by atoms with E-state index in [9.17, 15) is 22.8 Å². The Bertz CT molecular complexity index is 734. The minimum atomic E-state index is -4.80. The van der Waals surface area contributed by atoms with E-state index < -0.39 is 29.5 Å². The Labute approximate surface area is 158 Å². The van der Waals surface area contributed by atoms with Crippen molar-refractivity contribution in [1.82, 2.24) is 10.3 Å². The number of carbonyl (C=O) groups excluding carboxylic acids is 2. The minimum Gasteiger partial charge on any atom is -0.352 e. The Kier molecular flexibility index (Phi) is 7.49. The van der Waals surface area contributed by atoms with Gasteiger partial charge in [-0.25, -0.2) is 5.84 Å². The average Bonchev–Trinajstić information content (AvgIpc) is 2.50. The fourth-order valence-corrected chi connectivity index (χ4v) is 2.76. The molecule has 0 aromatic heterocycles. The lowest BCUT2D eigenvalue weighted by molar-refractivity contribution is -0.120. The van der Waals surface area contributed by atoms with Crippen molar-refractivity contribution in [3.8, 4) is 0 Å². The van der Waals surface area contributed by atoms with Gasteiger partial charge in [0.25, 0.3) is 5.91 Å². The lowest BCUT2D eigenvalue weighted by atomic mass is 9.94. The highest BCUT2D eigenvalue weighted by Gasteiger charge is 2.37. The van der Waals surface area contributed by atoms with Gasteiger partial charge in [-0.3, -0.25) is 9.59 Å². The van der Waals surface area contributed by atoms with Gasteiger partial charge in [-0.2, -0.15) is 13.2 Å². The molecule has 10 heteroatoms. The number of nitrogens with two attached hydrogens (primary N) is 1. The third-order valence-electron chi connectivity index (χ3n) is 3.51. The molecule has 0 aliphatic carbocycles. The topological polar surface area (TPSA) is 75.4 Å². The van der Waals surface area contributed by atoms with Gasteiger partial charge >= 0.3 is 6.18 Å². The normalized spacial score (nSPS) is 13.3. The maximum absolute atomic E-state index is 12.9. The third kappa shape index (κ3) is 5.36. The average molecular weight is 412 g/mol. The van der Waals surface area contributed by atoms with Gasteiger partial charge in [0.1, 0.15) is 5.70 Å². The zero-order chi connectivity index (χ0) is 20.2. The van der Waals surface area contributed by atoms with Crippen LogP contribution in [0.25, 0.3) is 0 Å². The van der Waals surface area contributed by atoms with Gasteiger partial charge in [0.05, 0.1) is 10.6 Å². The van der Waals surface area contributed by atoms with Gasteiger partial charge in [0, 0.05) is 30.6 Å². The zero-order valence-electron chi connectivity index (χ0n) is 14.2. The van der Waals surface area contributed by atoms with Crippen molar-refractivity contribution in [1.29, 1.82) is 0 Å². The van der Waals surface area contributed by atoms with Crippen LogP contribution in [-0.4, -0.2) is 36.5 Å². The van der Waals surface area contributed by atoms with Crippen LogP contribution in [0.4, 0.5) is 13.2 Å². The fraction of sp³-hybridized carbons (Fsp3) is 0.375. The number of hydrogen-bond donors (Lipinski definition) is 2. The summed E-state index contributed by atoms with van der Waals surface area (Å²) in [6, 6.07) is 2.57. The van der Waals surface area contributed by atoms with Crippen molar-refractivity contribution in [2.24, 2.45) is 5.84 Å². The molecule has 1 aromatic carbocycles. The Hall–Kier alpha value is -1.77. The molecular weight excluding hydrogens is 394 g/mol. The van der Waals surface area contributed by atoms with Crippen molar-refractivity contribution in [3.63, 3.8) is 0 Å². The summed E-state index contributed by atoms with van der Waals surface area (Å²) in [7, 11) is 0.972. The number of benzene rings is 1. The maximum Gasteiger partial charge on any atom is 0.432 e. The van der Waals surface area contributed by atoms with Gasteiger partial charge in [0.15, 0.2) is 5.78 Å². The van der Waals surface area contributed by atoms with Crippen molar-refractivity contribution < 1.29 is 22.8 Å². The van der Waals surface area contributed by atoms with Crippen LogP contribution in [0.15, 0.2) is 23.9 Å². The predicted molar refractivity (Wildman–Crippen MR) is 94.0 cm³/mol. The molecule has 0 aliphatic heterocycles. The summed E-state index contributed by atoms with van der Waals surface area (Å²) in [5.74, 6) is 2.75. The quantitative estimate of drug-likeness (QED) is 0.425. The van der Waals surface area contributed by atoms with E-state index in [2.05, 4.69) is 5.32 Å². The number of hydrazine groups is 1. The number of halogens is 5. The summed E-state index contributed by atoms with van der Waals surface area (Å²) >= 11 is 12.1. The van der Waals surface area contributed by atoms with Crippen LogP contribution >= 0.6 is 23.2 Å². The van der Waals surface area contributed by atoms with Crippen LogP contribution < -0.4 is 11.2 Å². The molecule has 1 rings (SSSR count). The smallest absolute Gasteiger partial charge is 0.352 e. The number of ketones is 1. The second kappa shape index (κ2) is 8.75. The van der Waals surface area contributed by atoms with E-state index in [0.717, 1.165) is 7.05 Å². The molecule has 0 bridgehead atoms. The Morgan fingerprint density at radius 1 is 1.31 bits per heavy atom. The monoisotopic (exact) mass is 411 g/mol. The van der Waals surface area contributed by atoms with E-state index in [1.807, 2.05) is 0 Å². The van der Waals surface area contributed by atoms with Crippen molar-refractivity contribution in [2.45, 2.75) is 25.9 Å². The molecule has 0 radical (unpaired) electrons. The second-order valence-electron chi connectivity index (χ2n) is 5.48. The highest BCUT2D eigenvalue weighted by Crippen LogP contribution is 2.33. The number of nitrogens with zero attached hydrogens (tertiary/aromatic N) is 1. The number of hydrogen-bond acceptors (Lipinski definition) is 4. The number of rotatable bonds is 6. The molecular formula is C16H18Cl2F3N3O2. The fourth-order valence-electron chi connectivity index (χ4n) is 2.12. The second-order valence-corrected chi connectivity index (χ2v) is 6.29. The summed E-state index contributed by atoms with van der Waals surface area (Å²) in [5, 5.41) is 2.99. The maximum atomic E-state index is 12.9. The molecule has 1 aromatic rings. The molecule has 0 heterocycles. The summed E-state index contributed by atoms with van der Waals surface area (Å²) in [5.41, 5.74) is -1.05. The Morgan fingerprint density at radius 3 is 2.35 bits per heavy atom. The van der Waals surface area contributed by atoms with Gasteiger partial charge in [-0.1, -0.05) is 30.1 Å². The van der Waals surface area contributed by atoms with Crippen molar-refractivity contribution in [2.75, 3.05) is 13.6 Å². The molecule has 3 N–H and O–H groups in total. The number of alkyl halides is 3. The van der Waals surface area contributed by atoms with E-state index >= 15 is 0 Å². The lowest BCUT2D eigenvalue weighted by Gasteiger charge is -2.20. The van der Waals surface area contributed by atoms with Crippen LogP contribution in [0, 0.1) is 0 Å². The third-order valence-corrected chi connectivity index (χ3v) is 4.15. The number of carbonyl (C=O) groups is 2. The summed E-state index contributed by atoms with van der Waals surface area (Å²) < 4.78 is 38.8. The predicted octanol–water partition coefficient (Wildman–Crippen LogP) is 3.67. The first kappa shape index (κ1) is 22.3. The Balaban J connectivity index is 3.31. The highest BCUT2D eigenvalue weighted by atomic mass is 35.5. The largest absolute Gasteiger partial charge is 0.432 e. The van der Waals surface area contributed by atoms with Crippen LogP contribution in [0.1, 0.15) is 35.7 Å². The minimum absolute atomic E-state index is 0.0620. The van der Waals surface area contributed by atoms with Gasteiger partial charge in [-0.05, 0) is 24.6 Å². The van der Waals surface area contributed by atoms with Crippen LogP contribution in [0.2, 0.25) is 10.0 Å². The molecule has 1 amide bonds. The molecule has 0 saturated heterocycles. The first-order valence-corrected chi connectivity index (χ1v) is 8.24. The van der Waals surface area contributed by atoms with E-state index in [4.69, 9.17) is 29.0 Å². The van der Waals surface area contributed by atoms with E-state index in [-0.39, 0.29) is 21.2 Å². The van der Waals surface area contributed by atoms with Crippen LogP contribution in [-0.2, 0) is 4.79 Å². The first-order chi connectivity index (χ1) is 11.9. The zero-order valence-corrected chi connectivity index (χ0v) is 15.8. The first-order valence-electron chi connectivity index (χ1n) is 7.48. The standard InChI is InChI=1S/C16H18Cl2F3N3O2/c1-4-23-15(26)10-5-9(11(17)6-12(10)18)8(2)13(25)7-14(24(3)22)16(19,20)21/h5-8H,4,22H2,1-3H3,(H,23,26)/b14-7-. The molecule has 26 heavy (non-hydrogen) atoms. The SMILES string of the molecule is CCNC(=O)c1cc(C(C)C(=O)/C=C(\N(C)N)C(F)(F)F)c(Cl)cc1Cl. The molecule has 0 aliphatic rings. The molecule has 1 atom stereocenters. The molecule has 0 spiro atoms.